The zero-order valence-corrected chi connectivity index (χ0v) is 14.2. The molecule has 0 spiro atoms. The molecule has 2 aromatic carbocycles. The topological polar surface area (TPSA) is 54.9 Å². The van der Waals surface area contributed by atoms with Crippen molar-refractivity contribution in [2.45, 2.75) is 13.0 Å². The van der Waals surface area contributed by atoms with Crippen molar-refractivity contribution < 1.29 is 9.18 Å². The fourth-order valence-corrected chi connectivity index (χ4v) is 2.58. The van der Waals surface area contributed by atoms with Crippen molar-refractivity contribution in [2.75, 3.05) is 0 Å². The third-order valence-electron chi connectivity index (χ3n) is 3.75. The first-order valence-electron chi connectivity index (χ1n) is 7.68. The van der Waals surface area contributed by atoms with Crippen LogP contribution in [0.15, 0.2) is 60.9 Å². The molecule has 126 valence electrons. The van der Waals surface area contributed by atoms with Gasteiger partial charge in [0.25, 0.3) is 5.91 Å². The standard InChI is InChI=1S/C19H15ClFN3O/c1-12(13-5-3-2-4-6-13)24-19(25)18-10-17(22-11-23-18)15-8-7-14(20)9-16(15)21/h2-12H,1H3,(H,24,25). The minimum atomic E-state index is -0.504. The SMILES string of the molecule is CC(NC(=O)c1cc(-c2ccc(Cl)cc2F)ncn1)c1ccccc1. The van der Waals surface area contributed by atoms with E-state index in [1.807, 2.05) is 37.3 Å². The van der Waals surface area contributed by atoms with Crippen molar-refractivity contribution in [3.63, 3.8) is 0 Å². The number of hydrogen-bond acceptors (Lipinski definition) is 3. The maximum absolute atomic E-state index is 14.1. The smallest absolute Gasteiger partial charge is 0.270 e. The molecule has 0 bridgehead atoms. The second-order valence-corrected chi connectivity index (χ2v) is 5.95. The van der Waals surface area contributed by atoms with Gasteiger partial charge in [-0.2, -0.15) is 0 Å². The van der Waals surface area contributed by atoms with Gasteiger partial charge in [-0.05, 0) is 36.8 Å². The van der Waals surface area contributed by atoms with Crippen LogP contribution in [-0.4, -0.2) is 15.9 Å². The Kier molecular flexibility index (Phi) is 5.05. The number of carbonyl (C=O) groups excluding carboxylic acids is 1. The van der Waals surface area contributed by atoms with E-state index in [-0.39, 0.29) is 23.2 Å². The van der Waals surface area contributed by atoms with Crippen LogP contribution in [0.1, 0.15) is 29.0 Å². The number of nitrogens with one attached hydrogen (secondary N) is 1. The molecule has 4 nitrogen and oxygen atoms in total. The highest BCUT2D eigenvalue weighted by atomic mass is 35.5. The summed E-state index contributed by atoms with van der Waals surface area (Å²) in [6.07, 6.45) is 1.24. The monoisotopic (exact) mass is 355 g/mol. The summed E-state index contributed by atoms with van der Waals surface area (Å²) in [4.78, 5) is 20.5. The van der Waals surface area contributed by atoms with E-state index in [4.69, 9.17) is 11.6 Å². The third kappa shape index (κ3) is 4.00. The van der Waals surface area contributed by atoms with Crippen molar-refractivity contribution in [3.05, 3.63) is 83.0 Å². The van der Waals surface area contributed by atoms with Gasteiger partial charge in [-0.1, -0.05) is 41.9 Å². The summed E-state index contributed by atoms with van der Waals surface area (Å²) >= 11 is 5.76. The molecule has 0 aliphatic rings. The number of aromatic nitrogens is 2. The Labute approximate surface area is 149 Å². The van der Waals surface area contributed by atoms with E-state index in [1.165, 1.54) is 24.5 Å². The summed E-state index contributed by atoms with van der Waals surface area (Å²) in [5.74, 6) is -0.857. The number of nitrogens with zero attached hydrogens (tertiary/aromatic N) is 2. The molecule has 1 unspecified atom stereocenters. The van der Waals surface area contributed by atoms with E-state index in [1.54, 1.807) is 6.07 Å². The first-order chi connectivity index (χ1) is 12.0. The van der Waals surface area contributed by atoms with E-state index in [2.05, 4.69) is 15.3 Å². The highest BCUT2D eigenvalue weighted by Crippen LogP contribution is 2.24. The van der Waals surface area contributed by atoms with E-state index < -0.39 is 5.82 Å². The van der Waals surface area contributed by atoms with Crippen LogP contribution in [-0.2, 0) is 0 Å². The van der Waals surface area contributed by atoms with Crippen molar-refractivity contribution >= 4 is 17.5 Å². The molecular weight excluding hydrogens is 341 g/mol. The molecule has 1 heterocycles. The van der Waals surface area contributed by atoms with E-state index in [0.717, 1.165) is 5.56 Å². The first kappa shape index (κ1) is 17.0. The van der Waals surface area contributed by atoms with Gasteiger partial charge < -0.3 is 5.32 Å². The highest BCUT2D eigenvalue weighted by Gasteiger charge is 2.15. The fourth-order valence-electron chi connectivity index (χ4n) is 2.42. The van der Waals surface area contributed by atoms with Gasteiger partial charge in [-0.15, -0.1) is 0 Å². The number of amides is 1. The molecule has 0 aliphatic carbocycles. The van der Waals surface area contributed by atoms with Crippen LogP contribution in [0.3, 0.4) is 0 Å². The first-order valence-corrected chi connectivity index (χ1v) is 8.05. The molecule has 0 saturated carbocycles. The zero-order valence-electron chi connectivity index (χ0n) is 13.4. The minimum absolute atomic E-state index is 0.169. The number of benzene rings is 2. The maximum atomic E-state index is 14.1. The lowest BCUT2D eigenvalue weighted by Gasteiger charge is -2.14. The van der Waals surface area contributed by atoms with Crippen molar-refractivity contribution in [3.8, 4) is 11.3 Å². The third-order valence-corrected chi connectivity index (χ3v) is 3.99. The van der Waals surface area contributed by atoms with Gasteiger partial charge in [0.1, 0.15) is 17.8 Å². The molecule has 0 radical (unpaired) electrons. The molecule has 0 fully saturated rings. The molecular formula is C19H15ClFN3O. The van der Waals surface area contributed by atoms with Gasteiger partial charge >= 0.3 is 0 Å². The molecule has 0 aliphatic heterocycles. The van der Waals surface area contributed by atoms with E-state index in [0.29, 0.717) is 10.7 Å². The van der Waals surface area contributed by atoms with Crippen molar-refractivity contribution in [1.82, 2.24) is 15.3 Å². The minimum Gasteiger partial charge on any atom is -0.344 e. The number of rotatable bonds is 4. The van der Waals surface area contributed by atoms with Crippen LogP contribution in [0, 0.1) is 5.82 Å². The molecule has 0 saturated heterocycles. The second-order valence-electron chi connectivity index (χ2n) is 5.52. The number of carbonyl (C=O) groups is 1. The van der Waals surface area contributed by atoms with Crippen molar-refractivity contribution in [1.29, 1.82) is 0 Å². The lowest BCUT2D eigenvalue weighted by atomic mass is 10.1. The largest absolute Gasteiger partial charge is 0.344 e. The summed E-state index contributed by atoms with van der Waals surface area (Å²) in [7, 11) is 0. The van der Waals surface area contributed by atoms with E-state index in [9.17, 15) is 9.18 Å². The van der Waals surface area contributed by atoms with Crippen LogP contribution in [0.5, 0.6) is 0 Å². The Morgan fingerprint density at radius 2 is 1.88 bits per heavy atom. The Balaban J connectivity index is 1.82. The van der Waals surface area contributed by atoms with Gasteiger partial charge in [-0.25, -0.2) is 14.4 Å². The van der Waals surface area contributed by atoms with Crippen LogP contribution in [0.2, 0.25) is 5.02 Å². The summed E-state index contributed by atoms with van der Waals surface area (Å²) in [6, 6.07) is 15.2. The van der Waals surface area contributed by atoms with Gasteiger partial charge in [0.05, 0.1) is 11.7 Å². The average molecular weight is 356 g/mol. The Bertz CT molecular complexity index is 902. The predicted molar refractivity (Wildman–Crippen MR) is 94.8 cm³/mol. The molecule has 1 aromatic heterocycles. The molecule has 1 atom stereocenters. The lowest BCUT2D eigenvalue weighted by molar-refractivity contribution is 0.0934. The van der Waals surface area contributed by atoms with Crippen LogP contribution in [0.25, 0.3) is 11.3 Å². The maximum Gasteiger partial charge on any atom is 0.270 e. The quantitative estimate of drug-likeness (QED) is 0.753. The zero-order chi connectivity index (χ0) is 17.8. The number of halogens is 2. The fraction of sp³-hybridized carbons (Fsp3) is 0.105. The Morgan fingerprint density at radius 1 is 1.12 bits per heavy atom. The van der Waals surface area contributed by atoms with Crippen LogP contribution in [0.4, 0.5) is 4.39 Å². The summed E-state index contributed by atoms with van der Waals surface area (Å²) < 4.78 is 14.1. The Morgan fingerprint density at radius 3 is 2.60 bits per heavy atom. The second kappa shape index (κ2) is 7.40. The van der Waals surface area contributed by atoms with Gasteiger partial charge in [0.2, 0.25) is 0 Å². The molecule has 6 heteroatoms. The van der Waals surface area contributed by atoms with Gasteiger partial charge in [0, 0.05) is 10.6 Å². The highest BCUT2D eigenvalue weighted by molar-refractivity contribution is 6.30. The van der Waals surface area contributed by atoms with Crippen LogP contribution < -0.4 is 5.32 Å². The summed E-state index contributed by atoms with van der Waals surface area (Å²) in [6.45, 7) is 1.88. The van der Waals surface area contributed by atoms with Crippen LogP contribution >= 0.6 is 11.6 Å². The molecule has 1 amide bonds. The average Bonchev–Trinajstić information content (AvgIpc) is 2.62. The molecule has 25 heavy (non-hydrogen) atoms. The van der Waals surface area contributed by atoms with Gasteiger partial charge in [-0.3, -0.25) is 4.79 Å². The number of hydrogen-bond donors (Lipinski definition) is 1. The molecule has 3 aromatic rings. The van der Waals surface area contributed by atoms with Gasteiger partial charge in [0.15, 0.2) is 0 Å². The lowest BCUT2D eigenvalue weighted by Crippen LogP contribution is -2.27. The van der Waals surface area contributed by atoms with Crippen molar-refractivity contribution in [2.24, 2.45) is 0 Å². The molecule has 1 N–H and O–H groups in total. The molecule has 3 rings (SSSR count). The predicted octanol–water partition coefficient (Wildman–Crippen LogP) is 4.43. The summed E-state index contributed by atoms with van der Waals surface area (Å²) in [5.41, 5.74) is 1.73. The van der Waals surface area contributed by atoms with E-state index >= 15 is 0 Å². The normalized spacial score (nSPS) is 11.8. The summed E-state index contributed by atoms with van der Waals surface area (Å²) in [5, 5.41) is 3.17. The Hall–Kier alpha value is -2.79.